The first-order valence-electron chi connectivity index (χ1n) is 6.90. The standard InChI is InChI=1S/C15H21NO7S/c1-20-8-7-16-24(18,19)13-10-11(5-6-14(17)22-3)9-12(21-2)15(13)23-4/h5-6,9-10,16H,7-8H2,1-4H3. The molecule has 0 aromatic heterocycles. The Morgan fingerprint density at radius 3 is 2.42 bits per heavy atom. The second kappa shape index (κ2) is 9.26. The first-order chi connectivity index (χ1) is 11.4. The van der Waals surface area contributed by atoms with Gasteiger partial charge in [-0.25, -0.2) is 17.9 Å². The number of rotatable bonds is 9. The molecular weight excluding hydrogens is 338 g/mol. The fourth-order valence-electron chi connectivity index (χ4n) is 1.83. The quantitative estimate of drug-likeness (QED) is 0.396. The smallest absolute Gasteiger partial charge is 0.330 e. The highest BCUT2D eigenvalue weighted by Gasteiger charge is 2.23. The van der Waals surface area contributed by atoms with Crippen LogP contribution in [0.15, 0.2) is 23.1 Å². The van der Waals surface area contributed by atoms with Gasteiger partial charge in [0, 0.05) is 19.7 Å². The molecule has 0 aliphatic carbocycles. The Bertz CT molecular complexity index is 698. The highest BCUT2D eigenvalue weighted by atomic mass is 32.2. The molecule has 1 rings (SSSR count). The molecule has 0 atom stereocenters. The number of ether oxygens (including phenoxy) is 4. The van der Waals surface area contributed by atoms with E-state index in [-0.39, 0.29) is 29.5 Å². The van der Waals surface area contributed by atoms with Gasteiger partial charge in [0.05, 0.1) is 27.9 Å². The molecular formula is C15H21NO7S. The fraction of sp³-hybridized carbons (Fsp3) is 0.400. The second-order valence-corrected chi connectivity index (χ2v) is 6.24. The van der Waals surface area contributed by atoms with Crippen molar-refractivity contribution in [3.63, 3.8) is 0 Å². The van der Waals surface area contributed by atoms with Crippen molar-refractivity contribution in [1.29, 1.82) is 0 Å². The largest absolute Gasteiger partial charge is 0.493 e. The summed E-state index contributed by atoms with van der Waals surface area (Å²) in [5.74, 6) is -0.276. The average molecular weight is 359 g/mol. The molecule has 134 valence electrons. The normalized spacial score (nSPS) is 11.5. The van der Waals surface area contributed by atoms with Crippen molar-refractivity contribution in [1.82, 2.24) is 4.72 Å². The molecule has 0 radical (unpaired) electrons. The fourth-order valence-corrected chi connectivity index (χ4v) is 3.06. The number of hydrogen-bond acceptors (Lipinski definition) is 7. The van der Waals surface area contributed by atoms with Gasteiger partial charge in [0.15, 0.2) is 11.5 Å². The zero-order valence-corrected chi connectivity index (χ0v) is 14.8. The molecule has 1 N–H and O–H groups in total. The number of carbonyl (C=O) groups excluding carboxylic acids is 1. The monoisotopic (exact) mass is 359 g/mol. The van der Waals surface area contributed by atoms with E-state index in [2.05, 4.69) is 9.46 Å². The van der Waals surface area contributed by atoms with Crippen LogP contribution in [0.2, 0.25) is 0 Å². The average Bonchev–Trinajstić information content (AvgIpc) is 2.58. The van der Waals surface area contributed by atoms with Crippen LogP contribution in [0, 0.1) is 0 Å². The van der Waals surface area contributed by atoms with Crippen molar-refractivity contribution in [3.8, 4) is 11.5 Å². The van der Waals surface area contributed by atoms with Gasteiger partial charge in [-0.3, -0.25) is 0 Å². The molecule has 24 heavy (non-hydrogen) atoms. The molecule has 0 amide bonds. The van der Waals surface area contributed by atoms with E-state index in [4.69, 9.17) is 14.2 Å². The molecule has 1 aromatic carbocycles. The van der Waals surface area contributed by atoms with Crippen LogP contribution in [0.1, 0.15) is 5.56 Å². The summed E-state index contributed by atoms with van der Waals surface area (Å²) in [4.78, 5) is 11.1. The number of nitrogens with one attached hydrogen (secondary N) is 1. The number of esters is 1. The van der Waals surface area contributed by atoms with E-state index in [0.29, 0.717) is 5.56 Å². The van der Waals surface area contributed by atoms with Crippen LogP contribution in [0.25, 0.3) is 6.08 Å². The van der Waals surface area contributed by atoms with E-state index in [0.717, 1.165) is 0 Å². The molecule has 0 aliphatic rings. The maximum atomic E-state index is 12.5. The topological polar surface area (TPSA) is 100 Å². The number of hydrogen-bond donors (Lipinski definition) is 1. The Labute approximate surface area is 141 Å². The molecule has 0 fully saturated rings. The first kappa shape index (κ1) is 19.9. The Kier molecular flexibility index (Phi) is 7.69. The molecule has 9 heteroatoms. The minimum Gasteiger partial charge on any atom is -0.493 e. The maximum absolute atomic E-state index is 12.5. The predicted molar refractivity (Wildman–Crippen MR) is 87.7 cm³/mol. The van der Waals surface area contributed by atoms with Crippen LogP contribution in [0.3, 0.4) is 0 Å². The summed E-state index contributed by atoms with van der Waals surface area (Å²) in [6.07, 6.45) is 2.60. The van der Waals surface area contributed by atoms with Crippen LogP contribution in [0.4, 0.5) is 0 Å². The number of sulfonamides is 1. The summed E-state index contributed by atoms with van der Waals surface area (Å²) < 4.78 is 47.1. The highest BCUT2D eigenvalue weighted by molar-refractivity contribution is 7.89. The van der Waals surface area contributed by atoms with Gasteiger partial charge >= 0.3 is 5.97 Å². The first-order valence-corrected chi connectivity index (χ1v) is 8.38. The van der Waals surface area contributed by atoms with Crippen molar-refractivity contribution in [2.24, 2.45) is 0 Å². The summed E-state index contributed by atoms with van der Waals surface area (Å²) in [5.41, 5.74) is 0.435. The van der Waals surface area contributed by atoms with E-state index in [1.54, 1.807) is 6.07 Å². The molecule has 8 nitrogen and oxygen atoms in total. The zero-order chi connectivity index (χ0) is 18.2. The molecule has 0 unspecified atom stereocenters. The Morgan fingerprint density at radius 2 is 1.88 bits per heavy atom. The van der Waals surface area contributed by atoms with Gasteiger partial charge < -0.3 is 18.9 Å². The summed E-state index contributed by atoms with van der Waals surface area (Å²) in [7, 11) is 1.59. The molecule has 0 aliphatic heterocycles. The van der Waals surface area contributed by atoms with Crippen LogP contribution in [-0.4, -0.2) is 56.0 Å². The molecule has 0 saturated heterocycles. The van der Waals surface area contributed by atoms with E-state index in [1.807, 2.05) is 0 Å². The predicted octanol–water partition coefficient (Wildman–Crippen LogP) is 0.815. The highest BCUT2D eigenvalue weighted by Crippen LogP contribution is 2.35. The van der Waals surface area contributed by atoms with Crippen LogP contribution >= 0.6 is 0 Å². The minimum atomic E-state index is -3.86. The van der Waals surface area contributed by atoms with Crippen LogP contribution < -0.4 is 14.2 Å². The van der Waals surface area contributed by atoms with Crippen LogP contribution in [0.5, 0.6) is 11.5 Å². The number of methoxy groups -OCH3 is 4. The summed E-state index contributed by atoms with van der Waals surface area (Å²) >= 11 is 0. The Morgan fingerprint density at radius 1 is 1.17 bits per heavy atom. The zero-order valence-electron chi connectivity index (χ0n) is 14.0. The van der Waals surface area contributed by atoms with Gasteiger partial charge in [0.1, 0.15) is 4.90 Å². The van der Waals surface area contributed by atoms with E-state index in [9.17, 15) is 13.2 Å². The van der Waals surface area contributed by atoms with Crippen molar-refractivity contribution < 1.29 is 32.2 Å². The molecule has 0 saturated carbocycles. The third-order valence-corrected chi connectivity index (χ3v) is 4.43. The molecule has 0 bridgehead atoms. The minimum absolute atomic E-state index is 0.0673. The summed E-state index contributed by atoms with van der Waals surface area (Å²) in [6, 6.07) is 2.92. The maximum Gasteiger partial charge on any atom is 0.330 e. The lowest BCUT2D eigenvalue weighted by atomic mass is 10.2. The van der Waals surface area contributed by atoms with Crippen molar-refractivity contribution >= 4 is 22.1 Å². The van der Waals surface area contributed by atoms with Gasteiger partial charge in [0.25, 0.3) is 0 Å². The lowest BCUT2D eigenvalue weighted by Gasteiger charge is -2.15. The van der Waals surface area contributed by atoms with Crippen LogP contribution in [-0.2, 0) is 24.3 Å². The summed E-state index contributed by atoms with van der Waals surface area (Å²) in [6.45, 7) is 0.327. The summed E-state index contributed by atoms with van der Waals surface area (Å²) in [5, 5.41) is 0. The lowest BCUT2D eigenvalue weighted by molar-refractivity contribution is -0.134. The van der Waals surface area contributed by atoms with Gasteiger partial charge in [-0.15, -0.1) is 0 Å². The Hall–Kier alpha value is -2.10. The second-order valence-electron chi connectivity index (χ2n) is 4.50. The van der Waals surface area contributed by atoms with Gasteiger partial charge in [-0.05, 0) is 23.8 Å². The number of carbonyl (C=O) groups is 1. The van der Waals surface area contributed by atoms with E-state index in [1.165, 1.54) is 46.7 Å². The number of benzene rings is 1. The Balaban J connectivity index is 3.34. The van der Waals surface area contributed by atoms with E-state index < -0.39 is 16.0 Å². The molecule has 0 heterocycles. The molecule has 0 spiro atoms. The molecule has 1 aromatic rings. The third-order valence-electron chi connectivity index (χ3n) is 2.97. The van der Waals surface area contributed by atoms with Gasteiger partial charge in [0.2, 0.25) is 10.0 Å². The SMILES string of the molecule is COCCNS(=O)(=O)c1cc(C=CC(=O)OC)cc(OC)c1OC. The van der Waals surface area contributed by atoms with Gasteiger partial charge in [-0.1, -0.05) is 0 Å². The van der Waals surface area contributed by atoms with Gasteiger partial charge in [-0.2, -0.15) is 0 Å². The lowest BCUT2D eigenvalue weighted by Crippen LogP contribution is -2.27. The van der Waals surface area contributed by atoms with Crippen molar-refractivity contribution in [2.45, 2.75) is 4.90 Å². The third kappa shape index (κ3) is 5.22. The van der Waals surface area contributed by atoms with Crippen molar-refractivity contribution in [3.05, 3.63) is 23.8 Å². The van der Waals surface area contributed by atoms with Crippen molar-refractivity contribution in [2.75, 3.05) is 41.6 Å². The van der Waals surface area contributed by atoms with E-state index >= 15 is 0 Å².